The summed E-state index contributed by atoms with van der Waals surface area (Å²) < 4.78 is 0. The molecule has 88 valence electrons. The summed E-state index contributed by atoms with van der Waals surface area (Å²) in [5.74, 6) is 1.59. The van der Waals surface area contributed by atoms with Gasteiger partial charge >= 0.3 is 0 Å². The highest BCUT2D eigenvalue weighted by atomic mass is 32.1. The number of amides is 1. The molecule has 0 bridgehead atoms. The molecule has 2 atom stereocenters. The molecule has 2 heterocycles. The first kappa shape index (κ1) is 11.6. The van der Waals surface area contributed by atoms with Gasteiger partial charge in [-0.1, -0.05) is 13.8 Å². The summed E-state index contributed by atoms with van der Waals surface area (Å²) in [6, 6.07) is 3.97. The Kier molecular flexibility index (Phi) is 3.33. The lowest BCUT2D eigenvalue weighted by molar-refractivity contribution is 0.0632. The van der Waals surface area contributed by atoms with Crippen molar-refractivity contribution < 1.29 is 4.79 Å². The highest BCUT2D eigenvalue weighted by molar-refractivity contribution is 7.13. The predicted octanol–water partition coefficient (Wildman–Crippen LogP) is 3.17. The van der Waals surface area contributed by atoms with Crippen LogP contribution in [0.4, 0.5) is 0 Å². The molecule has 1 aromatic heterocycles. The van der Waals surface area contributed by atoms with E-state index < -0.39 is 0 Å². The van der Waals surface area contributed by atoms with Gasteiger partial charge in [0.25, 0.3) is 5.91 Å². The topological polar surface area (TPSA) is 20.3 Å². The average Bonchev–Trinajstić information content (AvgIpc) is 2.68. The van der Waals surface area contributed by atoms with Crippen LogP contribution < -0.4 is 0 Å². The number of aryl methyl sites for hydroxylation is 1. The minimum Gasteiger partial charge on any atom is -0.338 e. The van der Waals surface area contributed by atoms with Crippen LogP contribution in [0.15, 0.2) is 12.1 Å². The Labute approximate surface area is 101 Å². The normalized spacial score (nSPS) is 25.8. The lowest BCUT2D eigenvalue weighted by Crippen LogP contribution is -2.41. The molecule has 2 rings (SSSR count). The van der Waals surface area contributed by atoms with Crippen LogP contribution in [0, 0.1) is 18.8 Å². The van der Waals surface area contributed by atoms with Crippen molar-refractivity contribution >= 4 is 17.2 Å². The molecule has 1 aromatic rings. The van der Waals surface area contributed by atoms with Crippen LogP contribution in [0.1, 0.15) is 34.8 Å². The van der Waals surface area contributed by atoms with Gasteiger partial charge in [0, 0.05) is 18.0 Å². The van der Waals surface area contributed by atoms with E-state index in [2.05, 4.69) is 13.8 Å². The van der Waals surface area contributed by atoms with E-state index in [1.165, 1.54) is 4.88 Å². The van der Waals surface area contributed by atoms with E-state index in [1.54, 1.807) is 11.3 Å². The van der Waals surface area contributed by atoms with Gasteiger partial charge in [0.05, 0.1) is 4.88 Å². The van der Waals surface area contributed by atoms with Crippen LogP contribution in [0.3, 0.4) is 0 Å². The van der Waals surface area contributed by atoms with Crippen LogP contribution in [-0.4, -0.2) is 23.9 Å². The molecule has 16 heavy (non-hydrogen) atoms. The van der Waals surface area contributed by atoms with Gasteiger partial charge in [0.15, 0.2) is 0 Å². The molecule has 1 aliphatic rings. The summed E-state index contributed by atoms with van der Waals surface area (Å²) in [7, 11) is 0. The number of rotatable bonds is 1. The summed E-state index contributed by atoms with van der Waals surface area (Å²) in [5.41, 5.74) is 0. The molecule has 3 heteroatoms. The minimum absolute atomic E-state index is 0.219. The second-order valence-electron chi connectivity index (χ2n) is 4.90. The highest BCUT2D eigenvalue weighted by Crippen LogP contribution is 2.25. The van der Waals surface area contributed by atoms with E-state index in [4.69, 9.17) is 0 Å². The van der Waals surface area contributed by atoms with Gasteiger partial charge in [-0.05, 0) is 37.3 Å². The van der Waals surface area contributed by atoms with Gasteiger partial charge in [-0.3, -0.25) is 4.79 Å². The van der Waals surface area contributed by atoms with Gasteiger partial charge in [-0.15, -0.1) is 11.3 Å². The van der Waals surface area contributed by atoms with Crippen molar-refractivity contribution in [1.29, 1.82) is 0 Å². The van der Waals surface area contributed by atoms with E-state index in [0.717, 1.165) is 30.3 Å². The zero-order valence-electron chi connectivity index (χ0n) is 10.2. The molecule has 0 N–H and O–H groups in total. The Morgan fingerprint density at radius 1 is 1.38 bits per heavy atom. The fourth-order valence-electron chi connectivity index (χ4n) is 2.15. The fraction of sp³-hybridized carbons (Fsp3) is 0.615. The number of likely N-dealkylation sites (tertiary alicyclic amines) is 1. The number of hydrogen-bond acceptors (Lipinski definition) is 2. The van der Waals surface area contributed by atoms with Crippen molar-refractivity contribution in [2.24, 2.45) is 11.8 Å². The Morgan fingerprint density at radius 2 is 2.12 bits per heavy atom. The number of carbonyl (C=O) groups excluding carboxylic acids is 1. The lowest BCUT2D eigenvalue weighted by Gasteiger charge is -2.35. The van der Waals surface area contributed by atoms with Crippen LogP contribution >= 0.6 is 11.3 Å². The third-order valence-electron chi connectivity index (χ3n) is 3.57. The van der Waals surface area contributed by atoms with Crippen LogP contribution in [-0.2, 0) is 0 Å². The number of piperidine rings is 1. The second-order valence-corrected chi connectivity index (χ2v) is 6.19. The maximum Gasteiger partial charge on any atom is 0.263 e. The molecule has 0 saturated carbocycles. The molecule has 0 radical (unpaired) electrons. The van der Waals surface area contributed by atoms with Crippen LogP contribution in [0.2, 0.25) is 0 Å². The van der Waals surface area contributed by atoms with Crippen molar-refractivity contribution in [3.05, 3.63) is 21.9 Å². The smallest absolute Gasteiger partial charge is 0.263 e. The Balaban J connectivity index is 2.06. The molecule has 0 aromatic carbocycles. The molecule has 1 aliphatic heterocycles. The molecule has 1 saturated heterocycles. The lowest BCUT2D eigenvalue weighted by atomic mass is 9.88. The number of thiophene rings is 1. The number of nitrogens with zero attached hydrogens (tertiary/aromatic N) is 1. The average molecular weight is 237 g/mol. The Bertz CT molecular complexity index is 385. The van der Waals surface area contributed by atoms with Crippen molar-refractivity contribution in [1.82, 2.24) is 4.90 Å². The van der Waals surface area contributed by atoms with Gasteiger partial charge in [-0.2, -0.15) is 0 Å². The molecule has 1 fully saturated rings. The SMILES string of the molecule is Cc1ccc(C(=O)N2CCC(C)C(C)C2)s1. The maximum atomic E-state index is 12.2. The first-order chi connectivity index (χ1) is 7.58. The molecular formula is C13H19NOS. The number of hydrogen-bond donors (Lipinski definition) is 0. The minimum atomic E-state index is 0.219. The molecule has 0 spiro atoms. The van der Waals surface area contributed by atoms with Crippen molar-refractivity contribution in [2.45, 2.75) is 27.2 Å². The Morgan fingerprint density at radius 3 is 2.69 bits per heavy atom. The number of carbonyl (C=O) groups is 1. The van der Waals surface area contributed by atoms with E-state index in [9.17, 15) is 4.79 Å². The zero-order valence-corrected chi connectivity index (χ0v) is 11.0. The largest absolute Gasteiger partial charge is 0.338 e. The van der Waals surface area contributed by atoms with Crippen LogP contribution in [0.25, 0.3) is 0 Å². The summed E-state index contributed by atoms with van der Waals surface area (Å²) in [5, 5.41) is 0. The summed E-state index contributed by atoms with van der Waals surface area (Å²) >= 11 is 1.60. The molecular weight excluding hydrogens is 218 g/mol. The fourth-order valence-corrected chi connectivity index (χ4v) is 2.99. The van der Waals surface area contributed by atoms with Crippen molar-refractivity contribution in [2.75, 3.05) is 13.1 Å². The van der Waals surface area contributed by atoms with Crippen molar-refractivity contribution in [3.63, 3.8) is 0 Å². The van der Waals surface area contributed by atoms with E-state index in [-0.39, 0.29) is 5.91 Å². The monoisotopic (exact) mass is 237 g/mol. The molecule has 2 nitrogen and oxygen atoms in total. The van der Waals surface area contributed by atoms with E-state index >= 15 is 0 Å². The van der Waals surface area contributed by atoms with Gasteiger partial charge < -0.3 is 4.90 Å². The van der Waals surface area contributed by atoms with Gasteiger partial charge in [0.1, 0.15) is 0 Å². The quantitative estimate of drug-likeness (QED) is 0.734. The summed E-state index contributed by atoms with van der Waals surface area (Å²) in [6.07, 6.45) is 1.14. The molecule has 0 aliphatic carbocycles. The van der Waals surface area contributed by atoms with E-state index in [1.807, 2.05) is 24.0 Å². The zero-order chi connectivity index (χ0) is 11.7. The Hall–Kier alpha value is -0.830. The summed E-state index contributed by atoms with van der Waals surface area (Å²) in [4.78, 5) is 16.3. The van der Waals surface area contributed by atoms with Gasteiger partial charge in [-0.25, -0.2) is 0 Å². The first-order valence-electron chi connectivity index (χ1n) is 5.93. The third-order valence-corrected chi connectivity index (χ3v) is 4.56. The third kappa shape index (κ3) is 2.29. The standard InChI is InChI=1S/C13H19NOS/c1-9-6-7-14(8-10(9)2)13(15)12-5-4-11(3)16-12/h4-5,9-10H,6-8H2,1-3H3. The molecule has 2 unspecified atom stereocenters. The predicted molar refractivity (Wildman–Crippen MR) is 67.9 cm³/mol. The first-order valence-corrected chi connectivity index (χ1v) is 6.75. The maximum absolute atomic E-state index is 12.2. The highest BCUT2D eigenvalue weighted by Gasteiger charge is 2.26. The van der Waals surface area contributed by atoms with Crippen molar-refractivity contribution in [3.8, 4) is 0 Å². The van der Waals surface area contributed by atoms with Crippen LogP contribution in [0.5, 0.6) is 0 Å². The van der Waals surface area contributed by atoms with Gasteiger partial charge in [0.2, 0.25) is 0 Å². The van der Waals surface area contributed by atoms with E-state index in [0.29, 0.717) is 5.92 Å². The second kappa shape index (κ2) is 4.58. The summed E-state index contributed by atoms with van der Waals surface area (Å²) in [6.45, 7) is 8.39. The molecule has 1 amide bonds.